The first kappa shape index (κ1) is 28.7. The van der Waals surface area contributed by atoms with Crippen molar-refractivity contribution < 1.29 is 38.5 Å². The molecule has 0 amide bonds. The molecule has 0 spiro atoms. The quantitative estimate of drug-likeness (QED) is 0.123. The zero-order chi connectivity index (χ0) is 40.8. The minimum absolute atomic E-state index is 0. The van der Waals surface area contributed by atoms with Crippen LogP contribution in [0.2, 0.25) is 17.3 Å². The summed E-state index contributed by atoms with van der Waals surface area (Å²) in [6, 6.07) is 35.9. The third-order valence-corrected chi connectivity index (χ3v) is 13.7. The van der Waals surface area contributed by atoms with Gasteiger partial charge in [-0.15, -0.1) is 18.2 Å². The molecule has 1 fully saturated rings. The van der Waals surface area contributed by atoms with Gasteiger partial charge in [0.2, 0.25) is 0 Å². The molecule has 6 heteroatoms. The van der Waals surface area contributed by atoms with Crippen LogP contribution in [0.4, 0.5) is 4.39 Å². The standard InChI is InChI=1S/C30H26NO.C15H17FGeN.Ir/c1-20(21-8-5-6-9-21)23-16-17-31-28(18-23)27-13-7-12-26-25-15-14-24(19-29(25)32-30(26)27)22-10-3-2-4-11-22;1-11-5-6-12(9-14(11)16)15-8-7-13(10-18-15)17(2,3)4;/h2-4,7,10-12,14-21H,5-6,8-9H2,1H3;5,7-10H,1-4H3;/q2*-1;/i1D3,20D;1D3;. The van der Waals surface area contributed by atoms with Crippen LogP contribution in [0.25, 0.3) is 55.6 Å². The zero-order valence-electron chi connectivity index (χ0n) is 35.8. The predicted molar refractivity (Wildman–Crippen MR) is 208 cm³/mol. The molecular weight excluding hydrogens is 868 g/mol. The Morgan fingerprint density at radius 1 is 0.882 bits per heavy atom. The fourth-order valence-corrected chi connectivity index (χ4v) is 8.71. The van der Waals surface area contributed by atoms with Gasteiger partial charge in [0.15, 0.2) is 0 Å². The summed E-state index contributed by atoms with van der Waals surface area (Å²) in [7, 11) is 0. The van der Waals surface area contributed by atoms with Gasteiger partial charge in [-0.25, -0.2) is 0 Å². The van der Waals surface area contributed by atoms with E-state index in [1.807, 2.05) is 54.7 Å². The Balaban J connectivity index is 0.000000221. The molecule has 3 heterocycles. The van der Waals surface area contributed by atoms with Crippen molar-refractivity contribution in [1.82, 2.24) is 9.97 Å². The van der Waals surface area contributed by atoms with Crippen LogP contribution in [0.1, 0.15) is 59.2 Å². The molecule has 0 saturated heterocycles. The van der Waals surface area contributed by atoms with E-state index in [0.29, 0.717) is 33.7 Å². The normalized spacial score (nSPS) is 17.0. The molecule has 0 bridgehead atoms. The SMILES string of the molecule is [2H]C([2H])([2H])C([2H])(c1ccnc(-c2[c-]ccc3c2oc2cc(-c4ccccc4)ccc23)c1)C1CCCC1.[2H]C([2H])([2H])c1c[c-]c(-c2cc[c]([Ge]([CH3])([CH3])[CH3])cn2)cc1F.[Ir]. The molecule has 1 unspecified atom stereocenters. The molecule has 0 aliphatic heterocycles. The number of hydrogen-bond acceptors (Lipinski definition) is 3. The minimum atomic E-state index is -2.46. The number of furan rings is 1. The van der Waals surface area contributed by atoms with Crippen molar-refractivity contribution in [2.75, 3.05) is 0 Å². The Kier molecular flexibility index (Phi) is 8.87. The van der Waals surface area contributed by atoms with Gasteiger partial charge in [0, 0.05) is 37.2 Å². The van der Waals surface area contributed by atoms with E-state index in [0.717, 1.165) is 53.2 Å². The molecule has 1 radical (unpaired) electrons. The van der Waals surface area contributed by atoms with Gasteiger partial charge in [-0.3, -0.25) is 0 Å². The number of benzene rings is 4. The molecule has 1 aliphatic carbocycles. The van der Waals surface area contributed by atoms with Crippen molar-refractivity contribution >= 4 is 39.6 Å². The molecular formula is C45H43FGeIrN2O-2. The van der Waals surface area contributed by atoms with Crippen LogP contribution < -0.4 is 4.40 Å². The minimum Gasteiger partial charge on any atom is 0 e. The third-order valence-electron chi connectivity index (χ3n) is 9.44. The van der Waals surface area contributed by atoms with Crippen LogP contribution >= 0.6 is 0 Å². The number of nitrogens with zero attached hydrogens (tertiary/aromatic N) is 2. The van der Waals surface area contributed by atoms with Crippen molar-refractivity contribution in [2.24, 2.45) is 5.92 Å². The van der Waals surface area contributed by atoms with Gasteiger partial charge in [-0.05, 0) is 53.6 Å². The Morgan fingerprint density at radius 2 is 1.71 bits per heavy atom. The van der Waals surface area contributed by atoms with Crippen molar-refractivity contribution in [2.45, 2.75) is 62.5 Å². The van der Waals surface area contributed by atoms with E-state index < -0.39 is 38.7 Å². The predicted octanol–water partition coefficient (Wildman–Crippen LogP) is 11.9. The van der Waals surface area contributed by atoms with E-state index in [1.54, 1.807) is 18.3 Å². The summed E-state index contributed by atoms with van der Waals surface area (Å²) in [4.78, 5) is 8.92. The van der Waals surface area contributed by atoms with Gasteiger partial charge in [0.05, 0.1) is 5.58 Å². The molecule has 0 N–H and O–H groups in total. The van der Waals surface area contributed by atoms with Gasteiger partial charge < -0.3 is 9.40 Å². The first-order valence-corrected chi connectivity index (χ1v) is 24.4. The number of halogens is 1. The monoisotopic (exact) mass is 920 g/mol. The zero-order valence-corrected chi connectivity index (χ0v) is 33.3. The molecule has 1 saturated carbocycles. The fraction of sp³-hybridized carbons (Fsp3) is 0.244. The molecule has 1 aliphatic rings. The summed E-state index contributed by atoms with van der Waals surface area (Å²) in [5, 5.41) is 1.95. The first-order valence-electron chi connectivity index (χ1n) is 20.5. The first-order chi connectivity index (χ1) is 26.9. The summed E-state index contributed by atoms with van der Waals surface area (Å²) in [6.07, 6.45) is 6.89. The summed E-state index contributed by atoms with van der Waals surface area (Å²) in [6.45, 7) is -4.90. The molecule has 3 nitrogen and oxygen atoms in total. The van der Waals surface area contributed by atoms with E-state index in [2.05, 4.69) is 63.6 Å². The van der Waals surface area contributed by atoms with E-state index in [4.69, 9.17) is 12.6 Å². The largest absolute Gasteiger partial charge is 0 e. The van der Waals surface area contributed by atoms with Crippen molar-refractivity contribution in [3.8, 4) is 33.6 Å². The topological polar surface area (TPSA) is 38.9 Å². The van der Waals surface area contributed by atoms with Gasteiger partial charge >= 0.3 is 114 Å². The van der Waals surface area contributed by atoms with Gasteiger partial charge in [-0.2, -0.15) is 0 Å². The average Bonchev–Trinajstić information content (AvgIpc) is 3.86. The summed E-state index contributed by atoms with van der Waals surface area (Å²) < 4.78 is 77.3. The van der Waals surface area contributed by atoms with Crippen LogP contribution in [0.15, 0.2) is 114 Å². The van der Waals surface area contributed by atoms with Crippen molar-refractivity contribution in [1.29, 1.82) is 0 Å². The number of aromatic nitrogens is 2. The smallest absolute Gasteiger partial charge is 0 e. The molecule has 261 valence electrons. The molecule has 8 rings (SSSR count). The maximum absolute atomic E-state index is 13.9. The summed E-state index contributed by atoms with van der Waals surface area (Å²) >= 11 is -1.92. The summed E-state index contributed by atoms with van der Waals surface area (Å²) in [5.41, 5.74) is 6.09. The van der Waals surface area contributed by atoms with Crippen LogP contribution in [0, 0.1) is 30.7 Å². The summed E-state index contributed by atoms with van der Waals surface area (Å²) in [5.74, 6) is 4.19. The number of rotatable bonds is 6. The van der Waals surface area contributed by atoms with Crippen LogP contribution in [0.3, 0.4) is 0 Å². The molecule has 51 heavy (non-hydrogen) atoms. The second-order valence-corrected chi connectivity index (χ2v) is 24.5. The second kappa shape index (κ2) is 15.8. The van der Waals surface area contributed by atoms with Crippen LogP contribution in [0.5, 0.6) is 0 Å². The number of pyridine rings is 2. The number of fused-ring (bicyclic) bond motifs is 3. The van der Waals surface area contributed by atoms with Gasteiger partial charge in [0.25, 0.3) is 0 Å². The maximum atomic E-state index is 13.9. The Bertz CT molecular complexity index is 2530. The molecule has 1 atom stereocenters. The van der Waals surface area contributed by atoms with Gasteiger partial charge in [0.1, 0.15) is 5.58 Å². The molecule has 4 aromatic carbocycles. The Morgan fingerprint density at radius 3 is 2.41 bits per heavy atom. The van der Waals surface area contributed by atoms with E-state index in [9.17, 15) is 5.76 Å². The number of hydrogen-bond donors (Lipinski definition) is 0. The Labute approximate surface area is 327 Å². The fourth-order valence-electron chi connectivity index (χ4n) is 6.54. The molecule has 7 aromatic rings. The maximum Gasteiger partial charge on any atom is 0 e. The number of aryl methyl sites for hydroxylation is 1. The second-order valence-electron chi connectivity index (χ2n) is 13.9. The van der Waals surface area contributed by atoms with Crippen LogP contribution in [-0.2, 0) is 20.1 Å². The third kappa shape index (κ3) is 8.12. The Hall–Kier alpha value is -3.90. The average molecular weight is 919 g/mol. The van der Waals surface area contributed by atoms with Gasteiger partial charge in [-0.1, -0.05) is 84.7 Å². The van der Waals surface area contributed by atoms with E-state index in [-0.39, 0.29) is 31.6 Å². The van der Waals surface area contributed by atoms with Crippen molar-refractivity contribution in [3.63, 3.8) is 0 Å². The van der Waals surface area contributed by atoms with E-state index >= 15 is 0 Å². The molecule has 3 aromatic heterocycles. The van der Waals surface area contributed by atoms with Crippen molar-refractivity contribution in [3.05, 3.63) is 139 Å². The van der Waals surface area contributed by atoms with Crippen LogP contribution in [-0.4, -0.2) is 23.2 Å². The van der Waals surface area contributed by atoms with E-state index in [1.165, 1.54) is 16.5 Å².